The van der Waals surface area contributed by atoms with E-state index in [1.807, 2.05) is 6.07 Å². The molecule has 0 aliphatic carbocycles. The Hall–Kier alpha value is -0.640. The molecule has 0 amide bonds. The van der Waals surface area contributed by atoms with E-state index in [9.17, 15) is 13.5 Å². The molecule has 1 aliphatic rings. The van der Waals surface area contributed by atoms with Gasteiger partial charge >= 0.3 is 0 Å². The maximum absolute atomic E-state index is 11.9. The number of rotatable bonds is 3. The zero-order chi connectivity index (χ0) is 11.5. The van der Waals surface area contributed by atoms with Crippen molar-refractivity contribution in [2.24, 2.45) is 0 Å². The van der Waals surface area contributed by atoms with E-state index in [4.69, 9.17) is 5.26 Å². The normalized spacial score (nSPS) is 22.2. The van der Waals surface area contributed by atoms with Gasteiger partial charge in [-0.1, -0.05) is 6.92 Å². The number of nitriles is 1. The highest BCUT2D eigenvalue weighted by molar-refractivity contribution is 7.90. The second-order valence-corrected chi connectivity index (χ2v) is 5.82. The Labute approximate surface area is 90.4 Å². The first kappa shape index (κ1) is 12.4. The number of aliphatic hydroxyl groups is 1. The Morgan fingerprint density at radius 1 is 1.53 bits per heavy atom. The van der Waals surface area contributed by atoms with Crippen LogP contribution in [0.3, 0.4) is 0 Å². The minimum atomic E-state index is -3.49. The molecule has 0 aromatic heterocycles. The van der Waals surface area contributed by atoms with Gasteiger partial charge in [-0.2, -0.15) is 5.26 Å². The SMILES string of the molecule is CCC(C#N)S(=O)(=O)N1CCC(O)CC1. The summed E-state index contributed by atoms with van der Waals surface area (Å²) < 4.78 is 25.1. The summed E-state index contributed by atoms with van der Waals surface area (Å²) in [7, 11) is -3.49. The van der Waals surface area contributed by atoms with E-state index in [0.717, 1.165) is 0 Å². The highest BCUT2D eigenvalue weighted by atomic mass is 32.2. The summed E-state index contributed by atoms with van der Waals surface area (Å²) in [5, 5.41) is 17.0. The molecule has 1 atom stereocenters. The van der Waals surface area contributed by atoms with Gasteiger partial charge in [-0.15, -0.1) is 0 Å². The summed E-state index contributed by atoms with van der Waals surface area (Å²) in [5.74, 6) is 0. The molecule has 0 aromatic carbocycles. The van der Waals surface area contributed by atoms with E-state index in [0.29, 0.717) is 32.4 Å². The maximum atomic E-state index is 11.9. The van der Waals surface area contributed by atoms with Crippen molar-refractivity contribution in [3.63, 3.8) is 0 Å². The third-order valence-corrected chi connectivity index (χ3v) is 4.90. The van der Waals surface area contributed by atoms with Gasteiger partial charge in [0, 0.05) is 13.1 Å². The molecule has 5 nitrogen and oxygen atoms in total. The van der Waals surface area contributed by atoms with Gasteiger partial charge in [0.25, 0.3) is 0 Å². The van der Waals surface area contributed by atoms with Crippen LogP contribution in [0.4, 0.5) is 0 Å². The van der Waals surface area contributed by atoms with Crippen molar-refractivity contribution in [2.45, 2.75) is 37.5 Å². The van der Waals surface area contributed by atoms with Crippen LogP contribution in [-0.4, -0.2) is 42.3 Å². The molecular formula is C9H16N2O3S. The standard InChI is InChI=1S/C9H16N2O3S/c1-2-9(7-10)15(13,14)11-5-3-8(12)4-6-11/h8-9,12H,2-6H2,1H3. The first-order chi connectivity index (χ1) is 7.02. The Kier molecular flexibility index (Phi) is 4.08. The fourth-order valence-corrected chi connectivity index (χ4v) is 3.28. The van der Waals surface area contributed by atoms with E-state index in [1.54, 1.807) is 6.92 Å². The lowest BCUT2D eigenvalue weighted by Crippen LogP contribution is -2.44. The summed E-state index contributed by atoms with van der Waals surface area (Å²) in [5.41, 5.74) is 0. The maximum Gasteiger partial charge on any atom is 0.230 e. The molecule has 6 heteroatoms. The largest absolute Gasteiger partial charge is 0.393 e. The fourth-order valence-electron chi connectivity index (χ4n) is 1.65. The predicted octanol–water partition coefficient (Wildman–Crippen LogP) is 0.0751. The van der Waals surface area contributed by atoms with E-state index < -0.39 is 21.4 Å². The first-order valence-electron chi connectivity index (χ1n) is 5.09. The van der Waals surface area contributed by atoms with Crippen LogP contribution in [0.5, 0.6) is 0 Å². The van der Waals surface area contributed by atoms with Crippen LogP contribution >= 0.6 is 0 Å². The van der Waals surface area contributed by atoms with Crippen molar-refractivity contribution < 1.29 is 13.5 Å². The lowest BCUT2D eigenvalue weighted by atomic mass is 10.1. The second-order valence-electron chi connectivity index (χ2n) is 3.70. The van der Waals surface area contributed by atoms with Crippen LogP contribution in [0.1, 0.15) is 26.2 Å². The minimum absolute atomic E-state index is 0.303. The highest BCUT2D eigenvalue weighted by Crippen LogP contribution is 2.18. The van der Waals surface area contributed by atoms with Gasteiger partial charge in [0.05, 0.1) is 12.2 Å². The number of sulfonamides is 1. The van der Waals surface area contributed by atoms with Crippen molar-refractivity contribution in [3.8, 4) is 6.07 Å². The average molecular weight is 232 g/mol. The highest BCUT2D eigenvalue weighted by Gasteiger charge is 2.33. The van der Waals surface area contributed by atoms with Gasteiger partial charge in [0.1, 0.15) is 0 Å². The fraction of sp³-hybridized carbons (Fsp3) is 0.889. The molecule has 0 bridgehead atoms. The lowest BCUT2D eigenvalue weighted by molar-refractivity contribution is 0.113. The van der Waals surface area contributed by atoms with E-state index in [2.05, 4.69) is 0 Å². The van der Waals surface area contributed by atoms with Gasteiger partial charge < -0.3 is 5.11 Å². The van der Waals surface area contributed by atoms with Crippen LogP contribution in [-0.2, 0) is 10.0 Å². The summed E-state index contributed by atoms with van der Waals surface area (Å²) in [4.78, 5) is 0. The smallest absolute Gasteiger partial charge is 0.230 e. The van der Waals surface area contributed by atoms with Crippen LogP contribution in [0.15, 0.2) is 0 Å². The zero-order valence-electron chi connectivity index (χ0n) is 8.76. The quantitative estimate of drug-likeness (QED) is 0.747. The van der Waals surface area contributed by atoms with Crippen LogP contribution in [0.25, 0.3) is 0 Å². The zero-order valence-corrected chi connectivity index (χ0v) is 9.57. The topological polar surface area (TPSA) is 81.4 Å². The number of hydrogen-bond donors (Lipinski definition) is 1. The molecule has 0 saturated carbocycles. The molecule has 0 aromatic rings. The van der Waals surface area contributed by atoms with Crippen molar-refractivity contribution in [1.82, 2.24) is 4.31 Å². The molecule has 1 aliphatic heterocycles. The third-order valence-electron chi connectivity index (χ3n) is 2.66. The molecule has 1 heterocycles. The van der Waals surface area contributed by atoms with Crippen molar-refractivity contribution in [2.75, 3.05) is 13.1 Å². The second kappa shape index (κ2) is 4.92. The monoisotopic (exact) mass is 232 g/mol. The van der Waals surface area contributed by atoms with E-state index in [1.165, 1.54) is 4.31 Å². The van der Waals surface area contributed by atoms with Gasteiger partial charge in [0.2, 0.25) is 10.0 Å². The molecule has 86 valence electrons. The Morgan fingerprint density at radius 2 is 2.07 bits per heavy atom. The molecule has 15 heavy (non-hydrogen) atoms. The van der Waals surface area contributed by atoms with Crippen molar-refractivity contribution in [3.05, 3.63) is 0 Å². The Balaban J connectivity index is 2.75. The number of nitrogens with zero attached hydrogens (tertiary/aromatic N) is 2. The van der Waals surface area contributed by atoms with E-state index >= 15 is 0 Å². The van der Waals surface area contributed by atoms with Gasteiger partial charge in [-0.05, 0) is 19.3 Å². The number of aliphatic hydroxyl groups excluding tert-OH is 1. The van der Waals surface area contributed by atoms with Gasteiger partial charge in [-0.3, -0.25) is 0 Å². The minimum Gasteiger partial charge on any atom is -0.393 e. The third kappa shape index (κ3) is 2.68. The summed E-state index contributed by atoms with van der Waals surface area (Å²) in [6, 6.07) is 1.81. The van der Waals surface area contributed by atoms with Crippen molar-refractivity contribution in [1.29, 1.82) is 5.26 Å². The van der Waals surface area contributed by atoms with E-state index in [-0.39, 0.29) is 0 Å². The lowest BCUT2D eigenvalue weighted by Gasteiger charge is -2.29. The molecule has 1 fully saturated rings. The van der Waals surface area contributed by atoms with Gasteiger partial charge in [-0.25, -0.2) is 12.7 Å². The molecule has 0 radical (unpaired) electrons. The van der Waals surface area contributed by atoms with Crippen molar-refractivity contribution >= 4 is 10.0 Å². The van der Waals surface area contributed by atoms with Gasteiger partial charge in [0.15, 0.2) is 5.25 Å². The van der Waals surface area contributed by atoms with Crippen LogP contribution < -0.4 is 0 Å². The molecule has 1 unspecified atom stereocenters. The van der Waals surface area contributed by atoms with Crippen LogP contribution in [0, 0.1) is 11.3 Å². The molecule has 1 saturated heterocycles. The number of hydrogen-bond acceptors (Lipinski definition) is 4. The predicted molar refractivity (Wildman–Crippen MR) is 55.4 cm³/mol. The van der Waals surface area contributed by atoms with Crippen LogP contribution in [0.2, 0.25) is 0 Å². The molecule has 0 spiro atoms. The number of piperidine rings is 1. The summed E-state index contributed by atoms with van der Waals surface area (Å²) in [6.07, 6.45) is 0.818. The first-order valence-corrected chi connectivity index (χ1v) is 6.59. The molecule has 1 rings (SSSR count). The average Bonchev–Trinajstić information content (AvgIpc) is 2.19. The Bertz CT molecular complexity index is 339. The molecule has 1 N–H and O–H groups in total. The summed E-state index contributed by atoms with van der Waals surface area (Å²) >= 11 is 0. The Morgan fingerprint density at radius 3 is 2.47 bits per heavy atom. The summed E-state index contributed by atoms with van der Waals surface area (Å²) in [6.45, 7) is 2.33. The molecular weight excluding hydrogens is 216 g/mol.